The summed E-state index contributed by atoms with van der Waals surface area (Å²) in [6, 6.07) is 13.1. The summed E-state index contributed by atoms with van der Waals surface area (Å²) in [5.41, 5.74) is 1.23. The SMILES string of the molecule is Cc1cn(Cc2ccccc2)c(=O)n(CCCN2CCN(c3ccc(F)cc3OCC(F)(F)F)CC2)c1=O.O=C(O)C=CC(=O)O. The number of halogens is 4. The number of carboxylic acid groups (broad SMARTS) is 2. The van der Waals surface area contributed by atoms with Gasteiger partial charge in [-0.3, -0.25) is 18.8 Å². The molecule has 46 heavy (non-hydrogen) atoms. The van der Waals surface area contributed by atoms with Crippen LogP contribution >= 0.6 is 0 Å². The molecule has 0 aliphatic carbocycles. The Hall–Kier alpha value is -4.92. The fraction of sp³-hybridized carbons (Fsp3) is 0.355. The van der Waals surface area contributed by atoms with Gasteiger partial charge >= 0.3 is 23.8 Å². The lowest BCUT2D eigenvalue weighted by Gasteiger charge is -2.36. The third-order valence-corrected chi connectivity index (χ3v) is 6.86. The normalized spacial score (nSPS) is 13.7. The van der Waals surface area contributed by atoms with Crippen molar-refractivity contribution in [3.05, 3.63) is 105 Å². The number of aliphatic carboxylic acids is 2. The zero-order valence-electron chi connectivity index (χ0n) is 25.0. The summed E-state index contributed by atoms with van der Waals surface area (Å²) in [6.45, 7) is 3.78. The molecule has 2 aromatic carbocycles. The van der Waals surface area contributed by atoms with Crippen LogP contribution in [0.1, 0.15) is 17.5 Å². The number of ether oxygens (including phenoxy) is 1. The second-order valence-electron chi connectivity index (χ2n) is 10.4. The Kier molecular flexibility index (Phi) is 12.7. The van der Waals surface area contributed by atoms with Crippen LogP contribution in [0.15, 0.2) is 76.5 Å². The zero-order valence-corrected chi connectivity index (χ0v) is 25.0. The second-order valence-corrected chi connectivity index (χ2v) is 10.4. The van der Waals surface area contributed by atoms with Gasteiger partial charge in [0, 0.05) is 62.7 Å². The monoisotopic (exact) mass is 650 g/mol. The van der Waals surface area contributed by atoms with Crippen LogP contribution in [0.25, 0.3) is 0 Å². The van der Waals surface area contributed by atoms with E-state index < -0.39 is 30.5 Å². The first-order valence-electron chi connectivity index (χ1n) is 14.2. The van der Waals surface area contributed by atoms with Gasteiger partial charge in [-0.05, 0) is 37.6 Å². The zero-order chi connectivity index (χ0) is 33.9. The van der Waals surface area contributed by atoms with E-state index in [4.69, 9.17) is 14.9 Å². The highest BCUT2D eigenvalue weighted by Crippen LogP contribution is 2.31. The first-order chi connectivity index (χ1) is 21.7. The quantitative estimate of drug-likeness (QED) is 0.237. The molecule has 3 aromatic rings. The number of piperazine rings is 1. The van der Waals surface area contributed by atoms with Gasteiger partial charge in [0.25, 0.3) is 5.56 Å². The average molecular weight is 651 g/mol. The average Bonchev–Trinajstić information content (AvgIpc) is 3.00. The van der Waals surface area contributed by atoms with E-state index in [0.717, 1.165) is 11.6 Å². The summed E-state index contributed by atoms with van der Waals surface area (Å²) >= 11 is 0. The highest BCUT2D eigenvalue weighted by molar-refractivity contribution is 5.89. The van der Waals surface area contributed by atoms with Gasteiger partial charge in [-0.15, -0.1) is 0 Å². The van der Waals surface area contributed by atoms with Crippen LogP contribution in [-0.2, 0) is 22.7 Å². The van der Waals surface area contributed by atoms with Gasteiger partial charge in [0.15, 0.2) is 6.61 Å². The largest absolute Gasteiger partial charge is 0.482 e. The maximum Gasteiger partial charge on any atom is 0.422 e. The molecule has 0 saturated carbocycles. The molecule has 2 N–H and O–H groups in total. The number of benzene rings is 2. The molecule has 2 heterocycles. The van der Waals surface area contributed by atoms with E-state index in [1.165, 1.54) is 16.7 Å². The molecule has 1 fully saturated rings. The Labute approximate surface area is 261 Å². The Balaban J connectivity index is 0.000000637. The number of hydrogen-bond acceptors (Lipinski definition) is 7. The van der Waals surface area contributed by atoms with Crippen molar-refractivity contribution in [1.29, 1.82) is 0 Å². The molecule has 0 amide bonds. The molecule has 1 aliphatic heterocycles. The Morgan fingerprint density at radius 1 is 0.935 bits per heavy atom. The summed E-state index contributed by atoms with van der Waals surface area (Å²) in [5, 5.41) is 15.6. The Bertz CT molecular complexity index is 1610. The molecule has 0 spiro atoms. The fourth-order valence-electron chi connectivity index (χ4n) is 4.72. The van der Waals surface area contributed by atoms with Gasteiger partial charge in [0.2, 0.25) is 0 Å². The summed E-state index contributed by atoms with van der Waals surface area (Å²) < 4.78 is 59.2. The predicted octanol–water partition coefficient (Wildman–Crippen LogP) is 3.37. The van der Waals surface area contributed by atoms with Gasteiger partial charge in [0.05, 0.1) is 12.2 Å². The third kappa shape index (κ3) is 11.2. The van der Waals surface area contributed by atoms with Gasteiger partial charge in [0.1, 0.15) is 11.6 Å². The van der Waals surface area contributed by atoms with Crippen molar-refractivity contribution < 1.29 is 42.1 Å². The number of nitrogens with zero attached hydrogens (tertiary/aromatic N) is 4. The van der Waals surface area contributed by atoms with E-state index in [0.29, 0.717) is 69.1 Å². The molecule has 0 radical (unpaired) electrons. The molecule has 4 rings (SSSR count). The highest BCUT2D eigenvalue weighted by Gasteiger charge is 2.29. The van der Waals surface area contributed by atoms with Crippen LogP contribution < -0.4 is 20.9 Å². The molecule has 1 aromatic heterocycles. The first kappa shape index (κ1) is 35.6. The standard InChI is InChI=1S/C27H30F4N4O3.C4H4O4/c1-20-17-34(18-21-6-3-2-4-7-21)26(37)35(25(20)36)11-5-10-32-12-14-33(15-13-32)23-9-8-22(28)16-24(23)38-19-27(29,30)31;5-3(6)1-2-4(7)8/h2-4,6-9,16-17H,5,10-15,18-19H2,1H3;1-2H,(H,5,6)(H,7,8). The third-order valence-electron chi connectivity index (χ3n) is 6.86. The number of alkyl halides is 3. The topological polar surface area (TPSA) is 134 Å². The van der Waals surface area contributed by atoms with E-state index in [1.807, 2.05) is 35.2 Å². The van der Waals surface area contributed by atoms with Crippen LogP contribution in [0, 0.1) is 12.7 Å². The summed E-state index contributed by atoms with van der Waals surface area (Å²) in [6.07, 6.45) is -1.23. The molecule has 1 saturated heterocycles. The predicted molar refractivity (Wildman–Crippen MR) is 161 cm³/mol. The van der Waals surface area contributed by atoms with Crippen molar-refractivity contribution in [2.45, 2.75) is 32.6 Å². The lowest BCUT2D eigenvalue weighted by atomic mass is 10.2. The molecule has 0 unspecified atom stereocenters. The van der Waals surface area contributed by atoms with E-state index >= 15 is 0 Å². The lowest BCUT2D eigenvalue weighted by Crippen LogP contribution is -2.47. The first-order valence-corrected chi connectivity index (χ1v) is 14.2. The van der Waals surface area contributed by atoms with Crippen LogP contribution in [0.2, 0.25) is 0 Å². The minimum absolute atomic E-state index is 0.138. The number of carbonyl (C=O) groups is 2. The van der Waals surface area contributed by atoms with Gasteiger partial charge in [-0.1, -0.05) is 30.3 Å². The van der Waals surface area contributed by atoms with Crippen LogP contribution in [-0.4, -0.2) is 81.7 Å². The van der Waals surface area contributed by atoms with Crippen molar-refractivity contribution >= 4 is 17.6 Å². The van der Waals surface area contributed by atoms with Crippen molar-refractivity contribution in [3.63, 3.8) is 0 Å². The Morgan fingerprint density at radius 3 is 2.15 bits per heavy atom. The van der Waals surface area contributed by atoms with Crippen LogP contribution in [0.3, 0.4) is 0 Å². The minimum Gasteiger partial charge on any atom is -0.482 e. The van der Waals surface area contributed by atoms with E-state index in [1.54, 1.807) is 17.7 Å². The molecule has 1 aliphatic rings. The molecule has 0 atom stereocenters. The fourth-order valence-corrected chi connectivity index (χ4v) is 4.72. The summed E-state index contributed by atoms with van der Waals surface area (Å²) in [5.74, 6) is -3.32. The summed E-state index contributed by atoms with van der Waals surface area (Å²) in [4.78, 5) is 48.8. The molecular formula is C31H34F4N4O7. The van der Waals surface area contributed by atoms with E-state index in [2.05, 4.69) is 4.90 Å². The number of rotatable bonds is 11. The molecule has 11 nitrogen and oxygen atoms in total. The van der Waals surface area contributed by atoms with Crippen molar-refractivity contribution in [2.24, 2.45) is 0 Å². The number of anilines is 1. The van der Waals surface area contributed by atoms with Gasteiger partial charge in [-0.2, -0.15) is 13.2 Å². The molecule has 15 heteroatoms. The van der Waals surface area contributed by atoms with Crippen LogP contribution in [0.5, 0.6) is 5.75 Å². The maximum atomic E-state index is 13.7. The minimum atomic E-state index is -4.52. The second kappa shape index (κ2) is 16.4. The van der Waals surface area contributed by atoms with Gasteiger partial charge in [-0.25, -0.2) is 18.8 Å². The van der Waals surface area contributed by atoms with Crippen molar-refractivity contribution in [3.8, 4) is 5.75 Å². The maximum absolute atomic E-state index is 13.7. The van der Waals surface area contributed by atoms with Gasteiger partial charge < -0.3 is 19.8 Å². The van der Waals surface area contributed by atoms with Crippen molar-refractivity contribution in [2.75, 3.05) is 44.2 Å². The molecule has 248 valence electrons. The number of carboxylic acids is 2. The van der Waals surface area contributed by atoms with Crippen molar-refractivity contribution in [1.82, 2.24) is 14.0 Å². The smallest absolute Gasteiger partial charge is 0.422 e. The molecule has 0 bridgehead atoms. The number of aryl methyl sites for hydroxylation is 1. The van der Waals surface area contributed by atoms with Crippen LogP contribution in [0.4, 0.5) is 23.2 Å². The van der Waals surface area contributed by atoms with E-state index in [9.17, 15) is 36.7 Å². The number of aromatic nitrogens is 2. The summed E-state index contributed by atoms with van der Waals surface area (Å²) in [7, 11) is 0. The Morgan fingerprint density at radius 2 is 1.57 bits per heavy atom. The highest BCUT2D eigenvalue weighted by atomic mass is 19.4. The van der Waals surface area contributed by atoms with E-state index in [-0.39, 0.29) is 23.5 Å². The lowest BCUT2D eigenvalue weighted by molar-refractivity contribution is -0.153. The molecular weight excluding hydrogens is 616 g/mol. The number of hydrogen-bond donors (Lipinski definition) is 2.